The van der Waals surface area contributed by atoms with Crippen LogP contribution < -0.4 is 0 Å². The minimum atomic E-state index is 0.364. The summed E-state index contributed by atoms with van der Waals surface area (Å²) in [6, 6.07) is 10.7. The highest BCUT2D eigenvalue weighted by atomic mass is 16.3. The SMILES string of the molecule is OC[C@H]1CC[C@@H](c2ccccc2)C1. The van der Waals surface area contributed by atoms with E-state index in [1.54, 1.807) is 0 Å². The summed E-state index contributed by atoms with van der Waals surface area (Å²) >= 11 is 0. The Kier molecular flexibility index (Phi) is 2.65. The second-order valence-electron chi connectivity index (χ2n) is 3.97. The maximum atomic E-state index is 9.03. The van der Waals surface area contributed by atoms with Crippen molar-refractivity contribution in [3.8, 4) is 0 Å². The topological polar surface area (TPSA) is 20.2 Å². The minimum Gasteiger partial charge on any atom is -0.396 e. The molecule has 0 bridgehead atoms. The fraction of sp³-hybridized carbons (Fsp3) is 0.500. The molecule has 1 saturated carbocycles. The first-order valence-corrected chi connectivity index (χ1v) is 5.06. The van der Waals surface area contributed by atoms with E-state index in [9.17, 15) is 0 Å². The molecular formula is C12H16O. The fourth-order valence-corrected chi connectivity index (χ4v) is 2.27. The van der Waals surface area contributed by atoms with Gasteiger partial charge in [-0.15, -0.1) is 0 Å². The van der Waals surface area contributed by atoms with Gasteiger partial charge in [-0.25, -0.2) is 0 Å². The summed E-state index contributed by atoms with van der Waals surface area (Å²) in [7, 11) is 0. The van der Waals surface area contributed by atoms with E-state index in [2.05, 4.69) is 30.3 Å². The predicted molar refractivity (Wildman–Crippen MR) is 53.6 cm³/mol. The standard InChI is InChI=1S/C12H16O/c13-9-10-6-7-12(8-10)11-4-2-1-3-5-11/h1-5,10,12-13H,6-9H2/t10-,12+/m0/s1. The van der Waals surface area contributed by atoms with Gasteiger partial charge in [0.1, 0.15) is 0 Å². The van der Waals surface area contributed by atoms with Gasteiger partial charge >= 0.3 is 0 Å². The molecule has 0 heterocycles. The molecule has 1 nitrogen and oxygen atoms in total. The highest BCUT2D eigenvalue weighted by Gasteiger charge is 2.24. The van der Waals surface area contributed by atoms with E-state index < -0.39 is 0 Å². The molecule has 1 heteroatoms. The van der Waals surface area contributed by atoms with Crippen molar-refractivity contribution in [2.75, 3.05) is 6.61 Å². The first-order valence-electron chi connectivity index (χ1n) is 5.06. The minimum absolute atomic E-state index is 0.364. The van der Waals surface area contributed by atoms with Crippen LogP contribution in [0.4, 0.5) is 0 Å². The van der Waals surface area contributed by atoms with Gasteiger partial charge in [0.25, 0.3) is 0 Å². The van der Waals surface area contributed by atoms with Crippen LogP contribution in [-0.4, -0.2) is 11.7 Å². The molecule has 1 N–H and O–H groups in total. The van der Waals surface area contributed by atoms with E-state index in [1.165, 1.54) is 24.8 Å². The maximum Gasteiger partial charge on any atom is 0.0459 e. The quantitative estimate of drug-likeness (QED) is 0.734. The molecule has 1 fully saturated rings. The Labute approximate surface area is 79.4 Å². The van der Waals surface area contributed by atoms with Gasteiger partial charge in [-0.2, -0.15) is 0 Å². The van der Waals surface area contributed by atoms with Gasteiger partial charge in [-0.1, -0.05) is 30.3 Å². The Morgan fingerprint density at radius 3 is 2.54 bits per heavy atom. The van der Waals surface area contributed by atoms with Crippen LogP contribution >= 0.6 is 0 Å². The van der Waals surface area contributed by atoms with Gasteiger partial charge in [0.2, 0.25) is 0 Å². The van der Waals surface area contributed by atoms with Gasteiger partial charge in [-0.3, -0.25) is 0 Å². The molecule has 1 aliphatic rings. The number of aliphatic hydroxyl groups excluding tert-OH is 1. The normalized spacial score (nSPS) is 27.8. The molecule has 0 amide bonds. The Morgan fingerprint density at radius 1 is 1.15 bits per heavy atom. The summed E-state index contributed by atoms with van der Waals surface area (Å²) in [5.41, 5.74) is 1.44. The van der Waals surface area contributed by atoms with Crippen molar-refractivity contribution in [3.05, 3.63) is 35.9 Å². The molecule has 0 saturated heterocycles. The van der Waals surface area contributed by atoms with E-state index in [0.29, 0.717) is 18.4 Å². The zero-order valence-electron chi connectivity index (χ0n) is 7.82. The summed E-state index contributed by atoms with van der Waals surface area (Å²) in [6.07, 6.45) is 3.60. The van der Waals surface area contributed by atoms with Crippen molar-refractivity contribution >= 4 is 0 Å². The Hall–Kier alpha value is -0.820. The summed E-state index contributed by atoms with van der Waals surface area (Å²) in [4.78, 5) is 0. The molecule has 0 unspecified atom stereocenters. The number of benzene rings is 1. The van der Waals surface area contributed by atoms with Crippen LogP contribution in [0, 0.1) is 5.92 Å². The van der Waals surface area contributed by atoms with Gasteiger partial charge in [0, 0.05) is 6.61 Å². The van der Waals surface area contributed by atoms with E-state index in [1.807, 2.05) is 0 Å². The van der Waals surface area contributed by atoms with E-state index in [-0.39, 0.29) is 0 Å². The van der Waals surface area contributed by atoms with Crippen molar-refractivity contribution in [2.24, 2.45) is 5.92 Å². The summed E-state index contributed by atoms with van der Waals surface area (Å²) in [5.74, 6) is 1.24. The third-order valence-corrected chi connectivity index (χ3v) is 3.07. The number of rotatable bonds is 2. The molecular weight excluding hydrogens is 160 g/mol. The lowest BCUT2D eigenvalue weighted by Crippen LogP contribution is -2.00. The van der Waals surface area contributed by atoms with Crippen LogP contribution in [0.2, 0.25) is 0 Å². The average Bonchev–Trinajstić information content (AvgIpc) is 2.67. The van der Waals surface area contributed by atoms with Crippen molar-refractivity contribution < 1.29 is 5.11 Å². The highest BCUT2D eigenvalue weighted by molar-refractivity contribution is 5.20. The molecule has 1 aromatic rings. The zero-order chi connectivity index (χ0) is 9.10. The number of hydrogen-bond acceptors (Lipinski definition) is 1. The van der Waals surface area contributed by atoms with Crippen molar-refractivity contribution in [3.63, 3.8) is 0 Å². The molecule has 13 heavy (non-hydrogen) atoms. The zero-order valence-corrected chi connectivity index (χ0v) is 7.82. The lowest BCUT2D eigenvalue weighted by Gasteiger charge is -2.09. The Bertz CT molecular complexity index is 255. The van der Waals surface area contributed by atoms with Gasteiger partial charge in [0.15, 0.2) is 0 Å². The van der Waals surface area contributed by atoms with Crippen molar-refractivity contribution in [2.45, 2.75) is 25.2 Å². The lowest BCUT2D eigenvalue weighted by molar-refractivity contribution is 0.229. The largest absolute Gasteiger partial charge is 0.396 e. The van der Waals surface area contributed by atoms with Crippen LogP contribution in [0.5, 0.6) is 0 Å². The third kappa shape index (κ3) is 1.92. The highest BCUT2D eigenvalue weighted by Crippen LogP contribution is 2.37. The van der Waals surface area contributed by atoms with Crippen molar-refractivity contribution in [1.29, 1.82) is 0 Å². The molecule has 0 aromatic heterocycles. The summed E-state index contributed by atoms with van der Waals surface area (Å²) in [6.45, 7) is 0.364. The van der Waals surface area contributed by atoms with Crippen LogP contribution in [-0.2, 0) is 0 Å². The molecule has 2 rings (SSSR count). The third-order valence-electron chi connectivity index (χ3n) is 3.07. The predicted octanol–water partition coefficient (Wildman–Crippen LogP) is 2.56. The van der Waals surface area contributed by atoms with E-state index in [4.69, 9.17) is 5.11 Å². The lowest BCUT2D eigenvalue weighted by atomic mass is 9.97. The Balaban J connectivity index is 2.04. The van der Waals surface area contributed by atoms with Gasteiger partial charge in [-0.05, 0) is 36.7 Å². The number of aliphatic hydroxyl groups is 1. The second-order valence-corrected chi connectivity index (χ2v) is 3.97. The van der Waals surface area contributed by atoms with Crippen LogP contribution in [0.1, 0.15) is 30.7 Å². The van der Waals surface area contributed by atoms with Gasteiger partial charge in [0.05, 0.1) is 0 Å². The van der Waals surface area contributed by atoms with Crippen LogP contribution in [0.15, 0.2) is 30.3 Å². The average molecular weight is 176 g/mol. The molecule has 70 valence electrons. The van der Waals surface area contributed by atoms with Crippen LogP contribution in [0.25, 0.3) is 0 Å². The van der Waals surface area contributed by atoms with Crippen LogP contribution in [0.3, 0.4) is 0 Å². The molecule has 1 aromatic carbocycles. The number of hydrogen-bond donors (Lipinski definition) is 1. The summed E-state index contributed by atoms with van der Waals surface area (Å²) < 4.78 is 0. The second kappa shape index (κ2) is 3.93. The monoisotopic (exact) mass is 176 g/mol. The van der Waals surface area contributed by atoms with Crippen molar-refractivity contribution in [1.82, 2.24) is 0 Å². The van der Waals surface area contributed by atoms with Gasteiger partial charge < -0.3 is 5.11 Å². The summed E-state index contributed by atoms with van der Waals surface area (Å²) in [5, 5.41) is 9.03. The molecule has 0 aliphatic heterocycles. The molecule has 1 aliphatic carbocycles. The van der Waals surface area contributed by atoms with E-state index in [0.717, 1.165) is 0 Å². The first kappa shape index (κ1) is 8.76. The Morgan fingerprint density at radius 2 is 1.92 bits per heavy atom. The maximum absolute atomic E-state index is 9.03. The molecule has 0 radical (unpaired) electrons. The van der Waals surface area contributed by atoms with E-state index >= 15 is 0 Å². The molecule has 0 spiro atoms. The first-order chi connectivity index (χ1) is 6.40. The smallest absolute Gasteiger partial charge is 0.0459 e. The molecule has 2 atom stereocenters. The fourth-order valence-electron chi connectivity index (χ4n) is 2.27.